The summed E-state index contributed by atoms with van der Waals surface area (Å²) in [4.78, 5) is 16.7. The highest BCUT2D eigenvalue weighted by molar-refractivity contribution is 6.03. The molecule has 0 aliphatic rings. The minimum absolute atomic E-state index is 0.185. The zero-order valence-corrected chi connectivity index (χ0v) is 20.0. The Hall–Kier alpha value is -3.11. The van der Waals surface area contributed by atoms with Crippen LogP contribution in [0.3, 0.4) is 0 Å². The van der Waals surface area contributed by atoms with E-state index in [1.165, 1.54) is 32.3 Å². The van der Waals surface area contributed by atoms with Crippen molar-refractivity contribution in [1.82, 2.24) is 19.9 Å². The Morgan fingerprint density at radius 1 is 1.21 bits per heavy atom. The molecule has 8 nitrogen and oxygen atoms in total. The first-order valence-corrected chi connectivity index (χ1v) is 11.0. The highest BCUT2D eigenvalue weighted by Crippen LogP contribution is 2.30. The predicted molar refractivity (Wildman–Crippen MR) is 126 cm³/mol. The summed E-state index contributed by atoms with van der Waals surface area (Å²) in [7, 11) is 0. The van der Waals surface area contributed by atoms with E-state index in [0.717, 1.165) is 5.56 Å². The normalized spacial score (nSPS) is 13.2. The number of carbonyl (C=O) groups excluding carboxylic acids is 1. The summed E-state index contributed by atoms with van der Waals surface area (Å²) in [6.07, 6.45) is 3.29. The average Bonchev–Trinajstić information content (AvgIpc) is 3.14. The molecule has 34 heavy (non-hydrogen) atoms. The fourth-order valence-electron chi connectivity index (χ4n) is 3.41. The van der Waals surface area contributed by atoms with E-state index in [-0.39, 0.29) is 12.1 Å². The molecule has 0 spiro atoms. The number of carbonyl (C=O) groups is 1. The molecular weight excluding hydrogens is 444 g/mol. The quantitative estimate of drug-likeness (QED) is 0.354. The van der Waals surface area contributed by atoms with E-state index in [4.69, 9.17) is 0 Å². The molecule has 0 aliphatic heterocycles. The van der Waals surface area contributed by atoms with Gasteiger partial charge in [0, 0.05) is 30.1 Å². The Labute approximate surface area is 197 Å². The van der Waals surface area contributed by atoms with Crippen molar-refractivity contribution in [2.45, 2.75) is 58.4 Å². The van der Waals surface area contributed by atoms with E-state index in [1.54, 1.807) is 37.5 Å². The number of hydrogen-bond donors (Lipinski definition) is 4. The van der Waals surface area contributed by atoms with Crippen LogP contribution in [0.25, 0.3) is 16.6 Å². The molecule has 1 atom stereocenters. The number of aryl methyl sites for hydroxylation is 1. The maximum absolute atomic E-state index is 14.2. The van der Waals surface area contributed by atoms with Crippen LogP contribution in [0.15, 0.2) is 30.7 Å². The fourth-order valence-corrected chi connectivity index (χ4v) is 3.41. The first-order chi connectivity index (χ1) is 15.8. The van der Waals surface area contributed by atoms with Crippen LogP contribution in [-0.4, -0.2) is 61.2 Å². The van der Waals surface area contributed by atoms with E-state index in [1.807, 2.05) is 0 Å². The van der Waals surface area contributed by atoms with Gasteiger partial charge in [-0.15, -0.1) is 0 Å². The maximum atomic E-state index is 14.2. The van der Waals surface area contributed by atoms with Gasteiger partial charge in [-0.05, 0) is 58.7 Å². The van der Waals surface area contributed by atoms with Crippen LogP contribution >= 0.6 is 0 Å². The van der Waals surface area contributed by atoms with Gasteiger partial charge in [-0.1, -0.05) is 0 Å². The van der Waals surface area contributed by atoms with Crippen molar-refractivity contribution < 1.29 is 23.8 Å². The third-order valence-electron chi connectivity index (χ3n) is 5.52. The van der Waals surface area contributed by atoms with Crippen molar-refractivity contribution in [3.05, 3.63) is 47.8 Å². The summed E-state index contributed by atoms with van der Waals surface area (Å²) in [6, 6.07) is 3.13. The average molecular weight is 476 g/mol. The van der Waals surface area contributed by atoms with Crippen molar-refractivity contribution in [1.29, 1.82) is 0 Å². The number of nitrogens with zero attached hydrogens (tertiary/aromatic N) is 3. The van der Waals surface area contributed by atoms with Crippen LogP contribution in [0.1, 0.15) is 50.0 Å². The van der Waals surface area contributed by atoms with Crippen molar-refractivity contribution in [2.75, 3.05) is 18.4 Å². The number of hydrogen-bond acceptors (Lipinski definition) is 6. The first-order valence-electron chi connectivity index (χ1n) is 11.0. The maximum Gasteiger partial charge on any atom is 0.255 e. The molecule has 3 aromatic heterocycles. The van der Waals surface area contributed by atoms with Crippen LogP contribution in [0.4, 0.5) is 14.5 Å². The lowest BCUT2D eigenvalue weighted by molar-refractivity contribution is -0.00177. The molecule has 3 rings (SSSR count). The molecule has 0 saturated carbocycles. The van der Waals surface area contributed by atoms with Gasteiger partial charge in [-0.25, -0.2) is 13.9 Å². The van der Waals surface area contributed by atoms with Crippen molar-refractivity contribution in [3.63, 3.8) is 0 Å². The van der Waals surface area contributed by atoms with Gasteiger partial charge in [0.05, 0.1) is 40.7 Å². The van der Waals surface area contributed by atoms with E-state index in [2.05, 4.69) is 20.7 Å². The lowest BCUT2D eigenvalue weighted by Crippen LogP contribution is -2.42. The van der Waals surface area contributed by atoms with Crippen LogP contribution in [0.5, 0.6) is 0 Å². The molecule has 184 valence electrons. The van der Waals surface area contributed by atoms with Gasteiger partial charge < -0.3 is 20.8 Å². The predicted octanol–water partition coefficient (Wildman–Crippen LogP) is 3.26. The monoisotopic (exact) mass is 475 g/mol. The summed E-state index contributed by atoms with van der Waals surface area (Å²) in [5.41, 5.74) is 0.828. The number of rotatable bonds is 9. The van der Waals surface area contributed by atoms with E-state index in [9.17, 15) is 23.8 Å². The summed E-state index contributed by atoms with van der Waals surface area (Å²) in [6.45, 7) is 7.78. The zero-order valence-electron chi connectivity index (χ0n) is 20.0. The lowest BCUT2D eigenvalue weighted by atomic mass is 10.0. The standard InChI is InChI=1S/C24H31F2N5O3/c1-14-8-20(26)28-10-16(14)15-9-18-21(27-7-6-23(2,3)33)17(11-30-31(18)13-15)22(32)29-12-19(25)24(4,5)34/h8-11,13,19,27,33-34H,6-7,12H2,1-5H3,(H,29,32). The number of fused-ring (bicyclic) bond motifs is 1. The second kappa shape index (κ2) is 9.63. The van der Waals surface area contributed by atoms with E-state index in [0.29, 0.717) is 35.3 Å². The molecule has 3 heterocycles. The van der Waals surface area contributed by atoms with Gasteiger partial charge in [-0.2, -0.15) is 9.49 Å². The Bertz CT molecular complexity index is 1180. The second-order valence-corrected chi connectivity index (χ2v) is 9.63. The molecule has 3 aromatic rings. The Balaban J connectivity index is 1.99. The summed E-state index contributed by atoms with van der Waals surface area (Å²) in [5, 5.41) is 29.9. The number of anilines is 1. The molecule has 10 heteroatoms. The Kier molecular flexibility index (Phi) is 7.23. The third-order valence-corrected chi connectivity index (χ3v) is 5.52. The largest absolute Gasteiger partial charge is 0.390 e. The Morgan fingerprint density at radius 3 is 2.53 bits per heavy atom. The molecule has 0 bridgehead atoms. The number of aromatic nitrogens is 3. The van der Waals surface area contributed by atoms with Crippen molar-refractivity contribution >= 4 is 17.1 Å². The summed E-state index contributed by atoms with van der Waals surface area (Å²) in [5.74, 6) is -1.14. The number of halogens is 2. The number of alkyl halides is 1. The molecule has 0 aromatic carbocycles. The van der Waals surface area contributed by atoms with E-state index >= 15 is 0 Å². The second-order valence-electron chi connectivity index (χ2n) is 9.63. The lowest BCUT2D eigenvalue weighted by Gasteiger charge is -2.23. The zero-order chi connectivity index (χ0) is 25.3. The van der Waals surface area contributed by atoms with Gasteiger partial charge in [0.15, 0.2) is 0 Å². The highest BCUT2D eigenvalue weighted by Gasteiger charge is 2.27. The van der Waals surface area contributed by atoms with Crippen LogP contribution in [0, 0.1) is 12.9 Å². The van der Waals surface area contributed by atoms with Crippen LogP contribution in [0.2, 0.25) is 0 Å². The molecule has 0 saturated heterocycles. The molecule has 0 radical (unpaired) electrons. The minimum atomic E-state index is -1.66. The topological polar surface area (TPSA) is 112 Å². The molecule has 0 fully saturated rings. The SMILES string of the molecule is Cc1cc(F)ncc1-c1cc2c(NCCC(C)(C)O)c(C(=O)NCC(F)C(C)(C)O)cnn2c1. The van der Waals surface area contributed by atoms with Gasteiger partial charge in [-0.3, -0.25) is 4.79 Å². The fraction of sp³-hybridized carbons (Fsp3) is 0.458. The molecular formula is C24H31F2N5O3. The van der Waals surface area contributed by atoms with E-state index < -0.39 is 29.2 Å². The van der Waals surface area contributed by atoms with Crippen LogP contribution < -0.4 is 10.6 Å². The van der Waals surface area contributed by atoms with Gasteiger partial charge >= 0.3 is 0 Å². The van der Waals surface area contributed by atoms with Crippen molar-refractivity contribution in [3.8, 4) is 11.1 Å². The van der Waals surface area contributed by atoms with Crippen molar-refractivity contribution in [2.24, 2.45) is 0 Å². The minimum Gasteiger partial charge on any atom is -0.390 e. The van der Waals surface area contributed by atoms with Gasteiger partial charge in [0.2, 0.25) is 5.95 Å². The van der Waals surface area contributed by atoms with Crippen LogP contribution in [-0.2, 0) is 0 Å². The summed E-state index contributed by atoms with van der Waals surface area (Å²) >= 11 is 0. The van der Waals surface area contributed by atoms with Gasteiger partial charge in [0.25, 0.3) is 5.91 Å². The highest BCUT2D eigenvalue weighted by atomic mass is 19.1. The summed E-state index contributed by atoms with van der Waals surface area (Å²) < 4.78 is 29.2. The molecule has 1 unspecified atom stereocenters. The molecule has 1 amide bonds. The Morgan fingerprint density at radius 2 is 1.91 bits per heavy atom. The number of aliphatic hydroxyl groups is 2. The first kappa shape index (κ1) is 25.5. The number of pyridine rings is 1. The number of amides is 1. The smallest absolute Gasteiger partial charge is 0.255 e. The van der Waals surface area contributed by atoms with Gasteiger partial charge in [0.1, 0.15) is 6.17 Å². The number of nitrogens with one attached hydrogen (secondary N) is 2. The molecule has 0 aliphatic carbocycles. The third kappa shape index (κ3) is 6.06. The molecule has 4 N–H and O–H groups in total.